The molecular formula is C23H21FN6O. The molecule has 156 valence electrons. The molecule has 2 aromatic carbocycles. The van der Waals surface area contributed by atoms with Gasteiger partial charge in [0.05, 0.1) is 11.1 Å². The standard InChI is InChI=1S/C23H21FN6O/c24-18-12-17(21(26)31)22(29-16-8-9-20-15(11-16)7-4-10-27-20)30-23(18)28-13-19(25)14-5-2-1-3-6-14/h1-12,19H,13,25H2,(H2,26,31)(H2,28,29,30). The summed E-state index contributed by atoms with van der Waals surface area (Å²) in [5, 5.41) is 6.88. The number of halogens is 1. The monoisotopic (exact) mass is 416 g/mol. The van der Waals surface area contributed by atoms with Crippen molar-refractivity contribution in [2.24, 2.45) is 11.5 Å². The van der Waals surface area contributed by atoms with E-state index in [1.165, 1.54) is 0 Å². The quantitative estimate of drug-likeness (QED) is 0.365. The SMILES string of the molecule is NC(=O)c1cc(F)c(NCC(N)c2ccccc2)nc1Nc1ccc2ncccc2c1. The van der Waals surface area contributed by atoms with Gasteiger partial charge in [0.25, 0.3) is 5.91 Å². The third kappa shape index (κ3) is 4.59. The van der Waals surface area contributed by atoms with Crippen LogP contribution in [0.25, 0.3) is 10.9 Å². The Balaban J connectivity index is 1.60. The molecule has 0 aliphatic heterocycles. The van der Waals surface area contributed by atoms with Crippen LogP contribution < -0.4 is 22.1 Å². The summed E-state index contributed by atoms with van der Waals surface area (Å²) in [6.07, 6.45) is 1.71. The number of hydrogen-bond acceptors (Lipinski definition) is 6. The smallest absolute Gasteiger partial charge is 0.252 e. The van der Waals surface area contributed by atoms with Gasteiger partial charge in [-0.3, -0.25) is 9.78 Å². The Kier molecular flexibility index (Phi) is 5.72. The van der Waals surface area contributed by atoms with Crippen LogP contribution in [0.4, 0.5) is 21.7 Å². The molecule has 2 aromatic heterocycles. The van der Waals surface area contributed by atoms with E-state index in [9.17, 15) is 9.18 Å². The fourth-order valence-electron chi connectivity index (χ4n) is 3.21. The first-order valence-electron chi connectivity index (χ1n) is 9.68. The minimum atomic E-state index is -0.788. The van der Waals surface area contributed by atoms with Crippen LogP contribution in [0.1, 0.15) is 22.0 Å². The van der Waals surface area contributed by atoms with E-state index in [2.05, 4.69) is 20.6 Å². The molecule has 0 radical (unpaired) electrons. The average molecular weight is 416 g/mol. The Hall–Kier alpha value is -4.04. The highest BCUT2D eigenvalue weighted by atomic mass is 19.1. The first-order chi connectivity index (χ1) is 15.0. The molecule has 0 spiro atoms. The fourth-order valence-corrected chi connectivity index (χ4v) is 3.21. The van der Waals surface area contributed by atoms with E-state index in [4.69, 9.17) is 11.5 Å². The molecule has 1 atom stereocenters. The van der Waals surface area contributed by atoms with E-state index in [0.717, 1.165) is 22.5 Å². The summed E-state index contributed by atoms with van der Waals surface area (Å²) in [6, 6.07) is 19.4. The number of benzene rings is 2. The van der Waals surface area contributed by atoms with E-state index >= 15 is 0 Å². The van der Waals surface area contributed by atoms with Gasteiger partial charge >= 0.3 is 0 Å². The summed E-state index contributed by atoms with van der Waals surface area (Å²) in [4.78, 5) is 20.4. The van der Waals surface area contributed by atoms with Gasteiger partial charge in [0.2, 0.25) is 0 Å². The second-order valence-corrected chi connectivity index (χ2v) is 7.01. The van der Waals surface area contributed by atoms with Gasteiger partial charge in [-0.1, -0.05) is 36.4 Å². The normalized spacial score (nSPS) is 11.8. The van der Waals surface area contributed by atoms with E-state index in [1.807, 2.05) is 54.6 Å². The van der Waals surface area contributed by atoms with Crippen LogP contribution in [0.2, 0.25) is 0 Å². The van der Waals surface area contributed by atoms with Gasteiger partial charge in [0, 0.05) is 29.9 Å². The number of amides is 1. The largest absolute Gasteiger partial charge is 0.366 e. The summed E-state index contributed by atoms with van der Waals surface area (Å²) < 4.78 is 14.6. The topological polar surface area (TPSA) is 119 Å². The molecule has 4 rings (SSSR count). The van der Waals surface area contributed by atoms with Crippen LogP contribution in [-0.2, 0) is 0 Å². The molecule has 31 heavy (non-hydrogen) atoms. The zero-order valence-corrected chi connectivity index (χ0v) is 16.5. The lowest BCUT2D eigenvalue weighted by Gasteiger charge is -2.16. The maximum Gasteiger partial charge on any atom is 0.252 e. The first kappa shape index (κ1) is 20.2. The summed E-state index contributed by atoms with van der Waals surface area (Å²) in [5.41, 5.74) is 14.0. The van der Waals surface area contributed by atoms with Crippen molar-refractivity contribution in [2.75, 3.05) is 17.2 Å². The Labute approximate surface area is 178 Å². The summed E-state index contributed by atoms with van der Waals surface area (Å²) in [5.74, 6) is -1.36. The van der Waals surface area contributed by atoms with Gasteiger partial charge in [0.15, 0.2) is 11.6 Å². The molecule has 4 aromatic rings. The van der Waals surface area contributed by atoms with Gasteiger partial charge < -0.3 is 22.1 Å². The average Bonchev–Trinajstić information content (AvgIpc) is 2.79. The number of carbonyl (C=O) groups is 1. The van der Waals surface area contributed by atoms with Crippen molar-refractivity contribution in [3.63, 3.8) is 0 Å². The molecule has 1 amide bonds. The van der Waals surface area contributed by atoms with Crippen LogP contribution >= 0.6 is 0 Å². The number of nitrogens with zero attached hydrogens (tertiary/aromatic N) is 2. The molecule has 0 aliphatic rings. The minimum absolute atomic E-state index is 0.0265. The molecule has 7 nitrogen and oxygen atoms in total. The van der Waals surface area contributed by atoms with Crippen molar-refractivity contribution in [2.45, 2.75) is 6.04 Å². The van der Waals surface area contributed by atoms with Crippen LogP contribution in [0.3, 0.4) is 0 Å². The van der Waals surface area contributed by atoms with Crippen LogP contribution in [0.15, 0.2) is 72.9 Å². The van der Waals surface area contributed by atoms with Crippen molar-refractivity contribution in [1.29, 1.82) is 0 Å². The lowest BCUT2D eigenvalue weighted by atomic mass is 10.1. The van der Waals surface area contributed by atoms with E-state index in [0.29, 0.717) is 5.69 Å². The fraction of sp³-hybridized carbons (Fsp3) is 0.0870. The predicted molar refractivity (Wildman–Crippen MR) is 120 cm³/mol. The third-order valence-electron chi connectivity index (χ3n) is 4.82. The maximum atomic E-state index is 14.6. The van der Waals surface area contributed by atoms with Crippen molar-refractivity contribution in [3.8, 4) is 0 Å². The Bertz CT molecular complexity index is 1230. The number of pyridine rings is 2. The molecule has 8 heteroatoms. The highest BCUT2D eigenvalue weighted by Crippen LogP contribution is 2.26. The van der Waals surface area contributed by atoms with Crippen LogP contribution in [0.5, 0.6) is 0 Å². The number of hydrogen-bond donors (Lipinski definition) is 4. The van der Waals surface area contributed by atoms with E-state index < -0.39 is 11.7 Å². The number of nitrogens with one attached hydrogen (secondary N) is 2. The van der Waals surface area contributed by atoms with Gasteiger partial charge in [-0.15, -0.1) is 0 Å². The number of rotatable bonds is 7. The summed E-state index contributed by atoms with van der Waals surface area (Å²) in [6.45, 7) is 0.255. The molecule has 0 saturated heterocycles. The van der Waals surface area contributed by atoms with Gasteiger partial charge in [-0.2, -0.15) is 0 Å². The Morgan fingerprint density at radius 1 is 1.03 bits per heavy atom. The second kappa shape index (κ2) is 8.76. The first-order valence-corrected chi connectivity index (χ1v) is 9.68. The lowest BCUT2D eigenvalue weighted by Crippen LogP contribution is -2.22. The number of carbonyl (C=O) groups excluding carboxylic acids is 1. The van der Waals surface area contributed by atoms with E-state index in [-0.39, 0.29) is 29.8 Å². The highest BCUT2D eigenvalue weighted by molar-refractivity contribution is 5.99. The van der Waals surface area contributed by atoms with Crippen LogP contribution in [0, 0.1) is 5.82 Å². The molecule has 0 fully saturated rings. The van der Waals surface area contributed by atoms with Crippen molar-refractivity contribution in [3.05, 3.63) is 89.9 Å². The Morgan fingerprint density at radius 3 is 2.61 bits per heavy atom. The van der Waals surface area contributed by atoms with Crippen molar-refractivity contribution in [1.82, 2.24) is 9.97 Å². The Morgan fingerprint density at radius 2 is 1.84 bits per heavy atom. The van der Waals surface area contributed by atoms with Crippen molar-refractivity contribution >= 4 is 34.1 Å². The summed E-state index contributed by atoms with van der Waals surface area (Å²) in [7, 11) is 0. The molecule has 6 N–H and O–H groups in total. The minimum Gasteiger partial charge on any atom is -0.366 e. The second-order valence-electron chi connectivity index (χ2n) is 7.01. The number of fused-ring (bicyclic) bond motifs is 1. The molecule has 1 unspecified atom stereocenters. The molecular weight excluding hydrogens is 395 g/mol. The number of aromatic nitrogens is 2. The van der Waals surface area contributed by atoms with Gasteiger partial charge in [-0.05, 0) is 35.9 Å². The van der Waals surface area contributed by atoms with Gasteiger partial charge in [0.1, 0.15) is 5.82 Å². The zero-order chi connectivity index (χ0) is 21.8. The molecule has 0 aliphatic carbocycles. The lowest BCUT2D eigenvalue weighted by molar-refractivity contribution is 0.100. The third-order valence-corrected chi connectivity index (χ3v) is 4.82. The molecule has 2 heterocycles. The number of anilines is 3. The molecule has 0 saturated carbocycles. The van der Waals surface area contributed by atoms with Crippen molar-refractivity contribution < 1.29 is 9.18 Å². The zero-order valence-electron chi connectivity index (χ0n) is 16.5. The number of nitrogens with two attached hydrogens (primary N) is 2. The number of primary amides is 1. The van der Waals surface area contributed by atoms with E-state index in [1.54, 1.807) is 12.3 Å². The molecule has 0 bridgehead atoms. The highest BCUT2D eigenvalue weighted by Gasteiger charge is 2.17. The maximum absolute atomic E-state index is 14.6. The predicted octanol–water partition coefficient (Wildman–Crippen LogP) is 3.72. The summed E-state index contributed by atoms with van der Waals surface area (Å²) >= 11 is 0. The van der Waals surface area contributed by atoms with Crippen LogP contribution in [-0.4, -0.2) is 22.4 Å². The van der Waals surface area contributed by atoms with Gasteiger partial charge in [-0.25, -0.2) is 9.37 Å².